The molecule has 1 aliphatic rings. The minimum Gasteiger partial charge on any atom is -0.369 e. The molecule has 109 heavy (non-hydrogen) atoms. The minimum atomic E-state index is -0.908. The summed E-state index contributed by atoms with van der Waals surface area (Å²) in [4.78, 5) is 17.8. The summed E-state index contributed by atoms with van der Waals surface area (Å²) in [6.07, 6.45) is -0.908. The van der Waals surface area contributed by atoms with E-state index in [2.05, 4.69) is 351 Å². The summed E-state index contributed by atoms with van der Waals surface area (Å²) in [5.74, 6) is 0. The van der Waals surface area contributed by atoms with Gasteiger partial charge in [-0.25, -0.2) is 0 Å². The van der Waals surface area contributed by atoms with E-state index in [0.717, 1.165) is 126 Å². The van der Waals surface area contributed by atoms with Gasteiger partial charge in [0.15, 0.2) is 6.23 Å². The van der Waals surface area contributed by atoms with E-state index in [0.29, 0.717) is 5.39 Å². The highest BCUT2D eigenvalue weighted by atomic mass is 32.1. The van der Waals surface area contributed by atoms with Crippen LogP contribution < -0.4 is 10.5 Å². The van der Waals surface area contributed by atoms with E-state index in [1.807, 2.05) is 22.8 Å². The first kappa shape index (κ1) is 61.5. The van der Waals surface area contributed by atoms with Gasteiger partial charge in [0.2, 0.25) is 0 Å². The van der Waals surface area contributed by atoms with E-state index in [4.69, 9.17) is 0 Å². The molecule has 506 valence electrons. The maximum absolute atomic E-state index is 15.7. The molecule has 0 spiro atoms. The predicted molar refractivity (Wildman–Crippen MR) is 464 cm³/mol. The first-order valence-corrected chi connectivity index (χ1v) is 38.2. The number of para-hydroxylation sites is 1. The molecule has 0 saturated carbocycles. The third-order valence-electron chi connectivity index (χ3n) is 23.6. The summed E-state index contributed by atoms with van der Waals surface area (Å²) in [5.41, 5.74) is 17.5. The van der Waals surface area contributed by atoms with E-state index in [1.165, 1.54) is 97.0 Å². The molecule has 5 heteroatoms. The van der Waals surface area contributed by atoms with Crippen LogP contribution in [0.1, 0.15) is 11.8 Å². The SMILES string of the molecule is O=c1c2ccc(-c3ccc4c5ccccc5c5ccccc5c4c3)cc2c2cc(-c3ccccc3)ccc2n1-c1cccc2c1sc1ccc(-c3ccc4c5cc(-c6ccc7c(c6)-c6cc(-c8ccc9c%10ccccc%10c%10ccccc%10c9c8)ccc6C(O)N7c6ccccc6)ccc5c5ccccc5c4c3)cc12. The van der Waals surface area contributed by atoms with Crippen molar-refractivity contribution in [1.82, 2.24) is 4.57 Å². The van der Waals surface area contributed by atoms with Crippen molar-refractivity contribution in [3.8, 4) is 72.4 Å². The zero-order valence-corrected chi connectivity index (χ0v) is 59.7. The summed E-state index contributed by atoms with van der Waals surface area (Å²) < 4.78 is 4.19. The lowest BCUT2D eigenvalue weighted by Gasteiger charge is -2.37. The topological polar surface area (TPSA) is 45.5 Å². The molecule has 1 N–H and O–H groups in total. The van der Waals surface area contributed by atoms with Gasteiger partial charge in [-0.2, -0.15) is 0 Å². The average molecular weight is 1400 g/mol. The predicted octanol–water partition coefficient (Wildman–Crippen LogP) is 28.0. The summed E-state index contributed by atoms with van der Waals surface area (Å²) >= 11 is 1.75. The molecule has 0 radical (unpaired) electrons. The lowest BCUT2D eigenvalue weighted by molar-refractivity contribution is 0.184. The van der Waals surface area contributed by atoms with Crippen molar-refractivity contribution in [3.63, 3.8) is 0 Å². The number of benzene rings is 20. The van der Waals surface area contributed by atoms with Crippen LogP contribution in [0.25, 0.3) is 211 Å². The van der Waals surface area contributed by atoms with Crippen molar-refractivity contribution < 1.29 is 5.11 Å². The second-order valence-corrected chi connectivity index (χ2v) is 30.4. The highest BCUT2D eigenvalue weighted by Gasteiger charge is 2.32. The van der Waals surface area contributed by atoms with Crippen molar-refractivity contribution in [1.29, 1.82) is 0 Å². The van der Waals surface area contributed by atoms with Crippen LogP contribution in [-0.4, -0.2) is 9.67 Å². The van der Waals surface area contributed by atoms with Gasteiger partial charge in [0.25, 0.3) is 5.56 Å². The zero-order valence-electron chi connectivity index (χ0n) is 58.9. The van der Waals surface area contributed by atoms with E-state index in [9.17, 15) is 5.11 Å². The molecule has 0 bridgehead atoms. The third-order valence-corrected chi connectivity index (χ3v) is 24.8. The van der Waals surface area contributed by atoms with Crippen molar-refractivity contribution in [2.24, 2.45) is 0 Å². The fourth-order valence-electron chi connectivity index (χ4n) is 18.5. The molecule has 1 unspecified atom stereocenters. The van der Waals surface area contributed by atoms with Gasteiger partial charge in [0.05, 0.1) is 21.6 Å². The van der Waals surface area contributed by atoms with Crippen LogP contribution >= 0.6 is 11.3 Å². The fraction of sp³-hybridized carbons (Fsp3) is 0.00962. The van der Waals surface area contributed by atoms with Crippen molar-refractivity contribution in [2.75, 3.05) is 4.90 Å². The Morgan fingerprint density at radius 3 is 1.07 bits per heavy atom. The second-order valence-electron chi connectivity index (χ2n) is 29.3. The Labute approximate surface area is 630 Å². The molecule has 1 atom stereocenters. The van der Waals surface area contributed by atoms with E-state index in [-0.39, 0.29) is 5.56 Å². The minimum absolute atomic E-state index is 0.0504. The van der Waals surface area contributed by atoms with Gasteiger partial charge in [-0.3, -0.25) is 9.36 Å². The molecule has 3 heterocycles. The van der Waals surface area contributed by atoms with Crippen LogP contribution in [0.3, 0.4) is 0 Å². The van der Waals surface area contributed by atoms with E-state index < -0.39 is 6.23 Å². The van der Waals surface area contributed by atoms with Gasteiger partial charge in [0.1, 0.15) is 0 Å². The molecule has 20 aromatic carbocycles. The smallest absolute Gasteiger partial charge is 0.263 e. The molecule has 0 amide bonds. The Balaban J connectivity index is 0.634. The van der Waals surface area contributed by atoms with E-state index >= 15 is 4.79 Å². The summed E-state index contributed by atoms with van der Waals surface area (Å²) in [5, 5.41) is 39.4. The quantitative estimate of drug-likeness (QED) is 0.162. The normalized spacial score (nSPS) is 13.1. The number of aromatic nitrogens is 1. The van der Waals surface area contributed by atoms with Gasteiger partial charge in [-0.15, -0.1) is 11.3 Å². The second kappa shape index (κ2) is 23.9. The van der Waals surface area contributed by atoms with Crippen LogP contribution in [0.2, 0.25) is 0 Å². The Morgan fingerprint density at radius 1 is 0.239 bits per heavy atom. The Bertz CT molecular complexity index is 7720. The average Bonchev–Trinajstić information content (AvgIpc) is 1.70. The highest BCUT2D eigenvalue weighted by molar-refractivity contribution is 7.26. The van der Waals surface area contributed by atoms with Crippen molar-refractivity contribution in [3.05, 3.63) is 380 Å². The maximum Gasteiger partial charge on any atom is 0.263 e. The lowest BCUT2D eigenvalue weighted by Crippen LogP contribution is -2.27. The first-order valence-electron chi connectivity index (χ1n) is 37.4. The maximum atomic E-state index is 15.7. The van der Waals surface area contributed by atoms with E-state index in [1.54, 1.807) is 11.3 Å². The number of rotatable bonds is 7. The number of hydrogen-bond acceptors (Lipinski definition) is 4. The molecular weight excluding hydrogens is 1340 g/mol. The molecular formula is C104H62N2O2S. The fourth-order valence-corrected chi connectivity index (χ4v) is 19.7. The van der Waals surface area contributed by atoms with Crippen molar-refractivity contribution in [2.45, 2.75) is 6.23 Å². The van der Waals surface area contributed by atoms with Gasteiger partial charge in [-0.05, 0) is 261 Å². The number of hydrogen-bond donors (Lipinski definition) is 1. The largest absolute Gasteiger partial charge is 0.369 e. The van der Waals surface area contributed by atoms with Crippen LogP contribution in [0.5, 0.6) is 0 Å². The number of aliphatic hydroxyl groups is 1. The molecule has 0 fully saturated rings. The molecule has 2 aromatic heterocycles. The molecule has 0 aliphatic carbocycles. The Kier molecular flexibility index (Phi) is 13.5. The van der Waals surface area contributed by atoms with Crippen LogP contribution in [0.15, 0.2) is 369 Å². The Morgan fingerprint density at radius 2 is 0.578 bits per heavy atom. The summed E-state index contributed by atoms with van der Waals surface area (Å²) in [6.45, 7) is 0. The monoisotopic (exact) mass is 1400 g/mol. The number of anilines is 2. The third kappa shape index (κ3) is 9.38. The number of aliphatic hydroxyl groups excluding tert-OH is 1. The molecule has 22 aromatic rings. The first-order chi connectivity index (χ1) is 53.9. The van der Waals surface area contributed by atoms with Crippen LogP contribution in [0, 0.1) is 0 Å². The van der Waals surface area contributed by atoms with Gasteiger partial charge in [0, 0.05) is 43.1 Å². The Hall–Kier alpha value is -13.8. The lowest BCUT2D eigenvalue weighted by atomic mass is 9.86. The zero-order chi connectivity index (χ0) is 71.7. The number of fused-ring (bicyclic) bond motifs is 27. The highest BCUT2D eigenvalue weighted by Crippen LogP contribution is 2.52. The number of nitrogens with zero attached hydrogens (tertiary/aromatic N) is 2. The summed E-state index contributed by atoms with van der Waals surface area (Å²) in [6, 6.07) is 132. The molecule has 1 aliphatic heterocycles. The van der Waals surface area contributed by atoms with Gasteiger partial charge < -0.3 is 10.0 Å². The van der Waals surface area contributed by atoms with Gasteiger partial charge >= 0.3 is 0 Å². The molecule has 4 nitrogen and oxygen atoms in total. The van der Waals surface area contributed by atoms with Crippen LogP contribution in [-0.2, 0) is 0 Å². The summed E-state index contributed by atoms with van der Waals surface area (Å²) in [7, 11) is 0. The molecule has 0 saturated heterocycles. The van der Waals surface area contributed by atoms with Crippen LogP contribution in [0.4, 0.5) is 11.4 Å². The number of pyridine rings is 1. The standard InChI is InChI=1S/C104H62N2O2S/c107-103-87-47-38-67(63-34-43-82-76-26-9-7-22-72(76)74-24-11-14-29-79(74)89(82)52-63)56-93(87)95-59-69(41-49-98(95)105(103)71-20-5-2-6-21-71)65-36-45-84-78-28-13-16-31-81(78)91-54-66(37-46-85(91)92(84)55-65)70-42-51-101-97(60-70)86-32-17-33-100(102(86)109-101)106-99-50-40-62(61-18-3-1-4-19-61)58-96(99)94-57-68(39-48-88(94)104(106)108)64-35-44-83-77-27-10-8-23-73(77)75-25-12-15-30-80(75)90(83)53-64/h1-60,103,107H. The van der Waals surface area contributed by atoms with Gasteiger partial charge in [-0.1, -0.05) is 267 Å². The number of thiophene rings is 1. The molecule has 23 rings (SSSR count). The van der Waals surface area contributed by atoms with Crippen molar-refractivity contribution >= 4 is 162 Å².